The fourth-order valence-electron chi connectivity index (χ4n) is 3.73. The number of carbonyl (C=O) groups is 3. The van der Waals surface area contributed by atoms with E-state index in [1.807, 2.05) is 4.90 Å². The quantitative estimate of drug-likeness (QED) is 0.781. The minimum atomic E-state index is -0.243. The SMILES string of the molecule is CC[C@@H]1CCCCN1C(=O)CCCN1C(=O)c2ccccc2C1=O. The first-order chi connectivity index (χ1) is 11.6. The molecule has 0 aliphatic carbocycles. The molecule has 5 heteroatoms. The highest BCUT2D eigenvalue weighted by Crippen LogP contribution is 2.24. The van der Waals surface area contributed by atoms with E-state index in [0.717, 1.165) is 25.8 Å². The molecule has 1 aromatic rings. The lowest BCUT2D eigenvalue weighted by atomic mass is 9.99. The maximum atomic E-state index is 12.5. The maximum absolute atomic E-state index is 12.5. The summed E-state index contributed by atoms with van der Waals surface area (Å²) in [5.41, 5.74) is 0.937. The maximum Gasteiger partial charge on any atom is 0.261 e. The summed E-state index contributed by atoms with van der Waals surface area (Å²) in [6.45, 7) is 3.27. The number of benzene rings is 1. The summed E-state index contributed by atoms with van der Waals surface area (Å²) in [5, 5.41) is 0. The minimum Gasteiger partial charge on any atom is -0.340 e. The van der Waals surface area contributed by atoms with Gasteiger partial charge in [0, 0.05) is 25.6 Å². The van der Waals surface area contributed by atoms with Crippen LogP contribution >= 0.6 is 0 Å². The molecule has 0 saturated carbocycles. The molecule has 3 rings (SSSR count). The van der Waals surface area contributed by atoms with Gasteiger partial charge in [0.05, 0.1) is 11.1 Å². The molecular weight excluding hydrogens is 304 g/mol. The standard InChI is InChI=1S/C19H24N2O3/c1-2-14-8-5-6-12-20(14)17(22)11-7-13-21-18(23)15-9-3-4-10-16(15)19(21)24/h3-4,9-10,14H,2,5-8,11-13H2,1H3/t14-/m1/s1. The molecule has 2 aliphatic rings. The first-order valence-corrected chi connectivity index (χ1v) is 8.88. The highest BCUT2D eigenvalue weighted by Gasteiger charge is 2.34. The van der Waals surface area contributed by atoms with E-state index in [1.54, 1.807) is 24.3 Å². The van der Waals surface area contributed by atoms with Crippen molar-refractivity contribution >= 4 is 17.7 Å². The van der Waals surface area contributed by atoms with E-state index in [4.69, 9.17) is 0 Å². The third-order valence-electron chi connectivity index (χ3n) is 5.07. The van der Waals surface area contributed by atoms with Crippen LogP contribution in [-0.4, -0.2) is 46.7 Å². The number of amides is 3. The summed E-state index contributed by atoms with van der Waals surface area (Å²) in [4.78, 5) is 40.3. The lowest BCUT2D eigenvalue weighted by Gasteiger charge is -2.35. The van der Waals surface area contributed by atoms with Gasteiger partial charge in [-0.1, -0.05) is 19.1 Å². The van der Waals surface area contributed by atoms with Crippen molar-refractivity contribution in [3.63, 3.8) is 0 Å². The summed E-state index contributed by atoms with van der Waals surface area (Å²) in [6.07, 6.45) is 5.25. The van der Waals surface area contributed by atoms with Crippen LogP contribution in [-0.2, 0) is 4.79 Å². The molecule has 24 heavy (non-hydrogen) atoms. The van der Waals surface area contributed by atoms with Crippen LogP contribution in [0.5, 0.6) is 0 Å². The molecule has 1 aromatic carbocycles. The number of fused-ring (bicyclic) bond motifs is 1. The van der Waals surface area contributed by atoms with Crippen molar-refractivity contribution < 1.29 is 14.4 Å². The molecule has 5 nitrogen and oxygen atoms in total. The highest BCUT2D eigenvalue weighted by molar-refractivity contribution is 6.21. The zero-order valence-corrected chi connectivity index (χ0v) is 14.2. The van der Waals surface area contributed by atoms with Gasteiger partial charge in [-0.2, -0.15) is 0 Å². The molecule has 2 aliphatic heterocycles. The van der Waals surface area contributed by atoms with Crippen molar-refractivity contribution in [1.29, 1.82) is 0 Å². The van der Waals surface area contributed by atoms with Crippen LogP contribution in [0.25, 0.3) is 0 Å². The zero-order chi connectivity index (χ0) is 17.1. The fourth-order valence-corrected chi connectivity index (χ4v) is 3.73. The Labute approximate surface area is 142 Å². The Balaban J connectivity index is 1.55. The molecule has 0 N–H and O–H groups in total. The van der Waals surface area contributed by atoms with E-state index in [2.05, 4.69) is 6.92 Å². The molecule has 0 unspecified atom stereocenters. The Morgan fingerprint density at radius 2 is 1.79 bits per heavy atom. The fraction of sp³-hybridized carbons (Fsp3) is 0.526. The van der Waals surface area contributed by atoms with Gasteiger partial charge in [0.2, 0.25) is 5.91 Å². The third kappa shape index (κ3) is 3.07. The number of hydrogen-bond donors (Lipinski definition) is 0. The Morgan fingerprint density at radius 3 is 2.42 bits per heavy atom. The monoisotopic (exact) mass is 328 g/mol. The van der Waals surface area contributed by atoms with Gasteiger partial charge in [-0.25, -0.2) is 0 Å². The van der Waals surface area contributed by atoms with Crippen LogP contribution in [0.2, 0.25) is 0 Å². The molecule has 0 radical (unpaired) electrons. The van der Waals surface area contributed by atoms with E-state index >= 15 is 0 Å². The van der Waals surface area contributed by atoms with Gasteiger partial charge in [-0.3, -0.25) is 19.3 Å². The van der Waals surface area contributed by atoms with Gasteiger partial charge in [-0.15, -0.1) is 0 Å². The number of nitrogens with zero attached hydrogens (tertiary/aromatic N) is 2. The Hall–Kier alpha value is -2.17. The third-order valence-corrected chi connectivity index (χ3v) is 5.07. The molecule has 3 amide bonds. The minimum absolute atomic E-state index is 0.151. The van der Waals surface area contributed by atoms with Crippen LogP contribution in [0.4, 0.5) is 0 Å². The molecule has 2 heterocycles. The largest absolute Gasteiger partial charge is 0.340 e. The molecular formula is C19H24N2O3. The number of imide groups is 1. The number of hydrogen-bond acceptors (Lipinski definition) is 3. The van der Waals surface area contributed by atoms with E-state index in [9.17, 15) is 14.4 Å². The summed E-state index contributed by atoms with van der Waals surface area (Å²) < 4.78 is 0. The van der Waals surface area contributed by atoms with E-state index < -0.39 is 0 Å². The van der Waals surface area contributed by atoms with Crippen molar-refractivity contribution in [3.05, 3.63) is 35.4 Å². The molecule has 1 atom stereocenters. The van der Waals surface area contributed by atoms with Crippen LogP contribution in [0.15, 0.2) is 24.3 Å². The normalized spacial score (nSPS) is 20.5. The molecule has 1 saturated heterocycles. The van der Waals surface area contributed by atoms with Gasteiger partial charge < -0.3 is 4.90 Å². The molecule has 0 spiro atoms. The van der Waals surface area contributed by atoms with Gasteiger partial charge in [-0.05, 0) is 44.2 Å². The van der Waals surface area contributed by atoms with E-state index in [1.165, 1.54) is 11.3 Å². The second-order valence-electron chi connectivity index (χ2n) is 6.56. The zero-order valence-electron chi connectivity index (χ0n) is 14.2. The lowest BCUT2D eigenvalue weighted by molar-refractivity contribution is -0.135. The van der Waals surface area contributed by atoms with Crippen LogP contribution in [0.1, 0.15) is 66.2 Å². The van der Waals surface area contributed by atoms with Gasteiger partial charge in [0.1, 0.15) is 0 Å². The Bertz CT molecular complexity index is 621. The number of carbonyl (C=O) groups excluding carboxylic acids is 3. The first-order valence-electron chi connectivity index (χ1n) is 8.88. The topological polar surface area (TPSA) is 57.7 Å². The Morgan fingerprint density at radius 1 is 1.12 bits per heavy atom. The van der Waals surface area contributed by atoms with Crippen molar-refractivity contribution in [2.45, 2.75) is 51.5 Å². The predicted molar refractivity (Wildman–Crippen MR) is 90.7 cm³/mol. The van der Waals surface area contributed by atoms with E-state index in [-0.39, 0.29) is 17.7 Å². The van der Waals surface area contributed by atoms with Crippen LogP contribution < -0.4 is 0 Å². The van der Waals surface area contributed by atoms with Gasteiger partial charge in [0.15, 0.2) is 0 Å². The molecule has 1 fully saturated rings. The summed E-state index contributed by atoms with van der Waals surface area (Å²) >= 11 is 0. The van der Waals surface area contributed by atoms with E-state index in [0.29, 0.717) is 36.6 Å². The lowest BCUT2D eigenvalue weighted by Crippen LogP contribution is -2.43. The average Bonchev–Trinajstić information content (AvgIpc) is 2.86. The van der Waals surface area contributed by atoms with Crippen LogP contribution in [0.3, 0.4) is 0 Å². The summed E-state index contributed by atoms with van der Waals surface area (Å²) in [7, 11) is 0. The second kappa shape index (κ2) is 7.16. The summed E-state index contributed by atoms with van der Waals surface area (Å²) in [5.74, 6) is -0.335. The van der Waals surface area contributed by atoms with Crippen molar-refractivity contribution in [2.24, 2.45) is 0 Å². The molecule has 128 valence electrons. The highest BCUT2D eigenvalue weighted by atomic mass is 16.2. The van der Waals surface area contributed by atoms with Crippen molar-refractivity contribution in [3.8, 4) is 0 Å². The predicted octanol–water partition coefficient (Wildman–Crippen LogP) is 2.85. The molecule has 0 aromatic heterocycles. The second-order valence-corrected chi connectivity index (χ2v) is 6.56. The first kappa shape index (κ1) is 16.7. The number of rotatable bonds is 5. The van der Waals surface area contributed by atoms with Crippen LogP contribution in [0, 0.1) is 0 Å². The van der Waals surface area contributed by atoms with Gasteiger partial charge in [0.25, 0.3) is 11.8 Å². The number of piperidine rings is 1. The number of likely N-dealkylation sites (tertiary alicyclic amines) is 1. The van der Waals surface area contributed by atoms with Crippen molar-refractivity contribution in [1.82, 2.24) is 9.80 Å². The Kier molecular flexibility index (Phi) is 4.97. The summed E-state index contributed by atoms with van der Waals surface area (Å²) in [6, 6.07) is 7.24. The molecule has 0 bridgehead atoms. The average molecular weight is 328 g/mol. The van der Waals surface area contributed by atoms with Gasteiger partial charge >= 0.3 is 0 Å². The smallest absolute Gasteiger partial charge is 0.261 e. The van der Waals surface area contributed by atoms with Crippen molar-refractivity contribution in [2.75, 3.05) is 13.1 Å².